The number of ether oxygens (including phenoxy) is 1. The highest BCUT2D eigenvalue weighted by molar-refractivity contribution is 6.30. The van der Waals surface area contributed by atoms with E-state index in [1.165, 1.54) is 37.7 Å². The average Bonchev–Trinajstić information content (AvgIpc) is 2.78. The maximum Gasteiger partial charge on any atom is 0.254 e. The molecule has 0 aliphatic rings. The molecule has 3 aromatic rings. The van der Waals surface area contributed by atoms with Crippen LogP contribution in [-0.2, 0) is 0 Å². The minimum Gasteiger partial charge on any atom is -0.491 e. The number of carbonyl (C=O) groups excluding carboxylic acids is 1. The van der Waals surface area contributed by atoms with E-state index in [1.807, 2.05) is 19.0 Å². The molecule has 1 aromatic carbocycles. The Morgan fingerprint density at radius 2 is 2.06 bits per heavy atom. The van der Waals surface area contributed by atoms with Gasteiger partial charge in [0.25, 0.3) is 5.91 Å². The topological polar surface area (TPSA) is 92.3 Å². The van der Waals surface area contributed by atoms with Crippen LogP contribution in [0.25, 0.3) is 11.4 Å². The molecule has 0 aliphatic carbocycles. The number of carbonyl (C=O) groups is 1. The number of methoxy groups -OCH3 is 1. The van der Waals surface area contributed by atoms with Crippen LogP contribution in [0.3, 0.4) is 0 Å². The summed E-state index contributed by atoms with van der Waals surface area (Å²) in [5.41, 5.74) is 0.963. The molecule has 2 N–H and O–H groups in total. The quantitative estimate of drug-likeness (QED) is 0.471. The van der Waals surface area contributed by atoms with Crippen molar-refractivity contribution in [2.75, 3.05) is 39.6 Å². The fraction of sp³-hybridized carbons (Fsp3) is 0.273. The molecule has 0 saturated carbocycles. The highest BCUT2D eigenvalue weighted by atomic mass is 35.5. The Morgan fingerprint density at radius 1 is 1.25 bits per heavy atom. The number of benzene rings is 1. The highest BCUT2D eigenvalue weighted by Crippen LogP contribution is 2.30. The minimum atomic E-state index is -0.507. The second-order valence-electron chi connectivity index (χ2n) is 7.19. The molecule has 0 bridgehead atoms. The lowest BCUT2D eigenvalue weighted by Crippen LogP contribution is -2.27. The fourth-order valence-electron chi connectivity index (χ4n) is 2.91. The molecule has 0 saturated heterocycles. The molecular formula is C22H24ClFN6O2. The Labute approximate surface area is 190 Å². The van der Waals surface area contributed by atoms with Gasteiger partial charge in [-0.3, -0.25) is 9.78 Å². The summed E-state index contributed by atoms with van der Waals surface area (Å²) in [6, 6.07) is 5.79. The third-order valence-electron chi connectivity index (χ3n) is 4.53. The number of pyridine rings is 1. The lowest BCUT2D eigenvalue weighted by Gasteiger charge is -2.15. The minimum absolute atomic E-state index is 0.122. The van der Waals surface area contributed by atoms with Crippen molar-refractivity contribution in [2.24, 2.45) is 0 Å². The zero-order valence-corrected chi connectivity index (χ0v) is 18.8. The van der Waals surface area contributed by atoms with Crippen molar-refractivity contribution in [3.8, 4) is 17.1 Å². The molecule has 1 amide bonds. The zero-order chi connectivity index (χ0) is 23.1. The second-order valence-corrected chi connectivity index (χ2v) is 7.63. The highest BCUT2D eigenvalue weighted by Gasteiger charge is 2.17. The Bertz CT molecular complexity index is 1100. The number of nitrogens with zero attached hydrogens (tertiary/aromatic N) is 4. The Kier molecular flexibility index (Phi) is 7.91. The van der Waals surface area contributed by atoms with E-state index in [4.69, 9.17) is 16.3 Å². The van der Waals surface area contributed by atoms with Crippen molar-refractivity contribution in [1.82, 2.24) is 25.2 Å². The molecule has 2 aromatic heterocycles. The van der Waals surface area contributed by atoms with Gasteiger partial charge in [0.2, 0.25) is 0 Å². The zero-order valence-electron chi connectivity index (χ0n) is 18.0. The summed E-state index contributed by atoms with van der Waals surface area (Å²) in [5.74, 6) is -0.0622. The lowest BCUT2D eigenvalue weighted by molar-refractivity contribution is 0.0953. The number of anilines is 2. The molecule has 168 valence electrons. The molecule has 3 rings (SSSR count). The predicted octanol–water partition coefficient (Wildman–Crippen LogP) is 3.76. The maximum atomic E-state index is 14.3. The van der Waals surface area contributed by atoms with Gasteiger partial charge in [-0.25, -0.2) is 14.4 Å². The van der Waals surface area contributed by atoms with E-state index in [1.54, 1.807) is 12.3 Å². The number of halogens is 2. The smallest absolute Gasteiger partial charge is 0.254 e. The van der Waals surface area contributed by atoms with Gasteiger partial charge < -0.3 is 20.3 Å². The van der Waals surface area contributed by atoms with Crippen LogP contribution in [0.5, 0.6) is 5.75 Å². The summed E-state index contributed by atoms with van der Waals surface area (Å²) in [5, 5.41) is 6.33. The van der Waals surface area contributed by atoms with Gasteiger partial charge in [-0.15, -0.1) is 0 Å². The van der Waals surface area contributed by atoms with Crippen molar-refractivity contribution in [1.29, 1.82) is 0 Å². The van der Waals surface area contributed by atoms with Crippen LogP contribution >= 0.6 is 11.6 Å². The van der Waals surface area contributed by atoms with Crippen LogP contribution in [0.2, 0.25) is 5.02 Å². The molecule has 0 fully saturated rings. The molecule has 0 spiro atoms. The normalized spacial score (nSPS) is 10.8. The standard InChI is InChI=1S/C22H24ClFN6O2/c1-30(2)10-4-8-26-22(31)16-12-25-9-7-18(16)28-21-19(32-3)13-27-20(29-21)15-11-14(23)5-6-17(15)24/h5-7,9,11-13H,4,8,10H2,1-3H3,(H,26,31)(H,25,27,28,29). The average molecular weight is 459 g/mol. The van der Waals surface area contributed by atoms with Gasteiger partial charge >= 0.3 is 0 Å². The van der Waals surface area contributed by atoms with Crippen LogP contribution in [0, 0.1) is 5.82 Å². The molecular weight excluding hydrogens is 435 g/mol. The van der Waals surface area contributed by atoms with Crippen molar-refractivity contribution in [3.05, 3.63) is 59.3 Å². The summed E-state index contributed by atoms with van der Waals surface area (Å²) in [6.45, 7) is 1.39. The second kappa shape index (κ2) is 10.8. The lowest BCUT2D eigenvalue weighted by atomic mass is 10.2. The van der Waals surface area contributed by atoms with E-state index in [-0.39, 0.29) is 23.1 Å². The van der Waals surface area contributed by atoms with E-state index < -0.39 is 5.82 Å². The Balaban J connectivity index is 1.87. The number of rotatable bonds is 9. The van der Waals surface area contributed by atoms with Crippen molar-refractivity contribution in [2.45, 2.75) is 6.42 Å². The third kappa shape index (κ3) is 5.89. The van der Waals surface area contributed by atoms with Crippen molar-refractivity contribution < 1.29 is 13.9 Å². The van der Waals surface area contributed by atoms with Gasteiger partial charge in [-0.2, -0.15) is 0 Å². The number of hydrogen-bond donors (Lipinski definition) is 2. The van der Waals surface area contributed by atoms with Crippen molar-refractivity contribution in [3.63, 3.8) is 0 Å². The van der Waals surface area contributed by atoms with E-state index >= 15 is 0 Å². The molecule has 32 heavy (non-hydrogen) atoms. The van der Waals surface area contributed by atoms with Crippen LogP contribution in [-0.4, -0.2) is 60.1 Å². The monoisotopic (exact) mass is 458 g/mol. The molecule has 10 heteroatoms. The largest absolute Gasteiger partial charge is 0.491 e. The summed E-state index contributed by atoms with van der Waals surface area (Å²) in [4.78, 5) is 27.4. The fourth-order valence-corrected chi connectivity index (χ4v) is 3.08. The molecule has 2 heterocycles. The van der Waals surface area contributed by atoms with Gasteiger partial charge in [0.15, 0.2) is 17.4 Å². The third-order valence-corrected chi connectivity index (χ3v) is 4.77. The van der Waals surface area contributed by atoms with E-state index in [0.29, 0.717) is 28.6 Å². The maximum absolute atomic E-state index is 14.3. The summed E-state index contributed by atoms with van der Waals surface area (Å²) in [6.07, 6.45) is 5.26. The number of hydrogen-bond acceptors (Lipinski definition) is 7. The number of amides is 1. The predicted molar refractivity (Wildman–Crippen MR) is 122 cm³/mol. The van der Waals surface area contributed by atoms with Crippen LogP contribution < -0.4 is 15.4 Å². The molecule has 0 unspecified atom stereocenters. The first-order chi connectivity index (χ1) is 15.4. The van der Waals surface area contributed by atoms with Crippen LogP contribution in [0.15, 0.2) is 42.9 Å². The van der Waals surface area contributed by atoms with Gasteiger partial charge in [-0.05, 0) is 51.3 Å². The SMILES string of the molecule is COc1cnc(-c2cc(Cl)ccc2F)nc1Nc1ccncc1C(=O)NCCCN(C)C. The van der Waals surface area contributed by atoms with E-state index in [9.17, 15) is 9.18 Å². The van der Waals surface area contributed by atoms with Gasteiger partial charge in [0, 0.05) is 24.0 Å². The van der Waals surface area contributed by atoms with E-state index in [0.717, 1.165) is 13.0 Å². The van der Waals surface area contributed by atoms with Crippen LogP contribution in [0.1, 0.15) is 16.8 Å². The first kappa shape index (κ1) is 23.4. The Morgan fingerprint density at radius 3 is 2.81 bits per heavy atom. The van der Waals surface area contributed by atoms with Gasteiger partial charge in [0.1, 0.15) is 5.82 Å². The van der Waals surface area contributed by atoms with E-state index in [2.05, 4.69) is 25.6 Å². The molecule has 0 aliphatic heterocycles. The van der Waals surface area contributed by atoms with Gasteiger partial charge in [-0.1, -0.05) is 11.6 Å². The molecule has 0 atom stereocenters. The van der Waals surface area contributed by atoms with Crippen LogP contribution in [0.4, 0.5) is 15.9 Å². The van der Waals surface area contributed by atoms with Crippen molar-refractivity contribution >= 4 is 29.0 Å². The first-order valence-corrected chi connectivity index (χ1v) is 10.3. The molecule has 0 radical (unpaired) electrons. The summed E-state index contributed by atoms with van der Waals surface area (Å²) in [7, 11) is 5.42. The van der Waals surface area contributed by atoms with Gasteiger partial charge in [0.05, 0.1) is 30.1 Å². The number of nitrogens with one attached hydrogen (secondary N) is 2. The molecule has 8 nitrogen and oxygen atoms in total. The Hall–Kier alpha value is -3.30. The number of aromatic nitrogens is 3. The first-order valence-electron chi connectivity index (χ1n) is 9.89. The summed E-state index contributed by atoms with van der Waals surface area (Å²) >= 11 is 6.00. The summed E-state index contributed by atoms with van der Waals surface area (Å²) < 4.78 is 19.6.